The Bertz CT molecular complexity index is 159. The largest absolute Gasteiger partial charge is 0.377 e. The van der Waals surface area contributed by atoms with Gasteiger partial charge in [-0.2, -0.15) is 0 Å². The van der Waals surface area contributed by atoms with Crippen molar-refractivity contribution in [3.8, 4) is 0 Å². The van der Waals surface area contributed by atoms with Gasteiger partial charge in [0, 0.05) is 0 Å². The van der Waals surface area contributed by atoms with Gasteiger partial charge in [-0.15, -0.1) is 0 Å². The van der Waals surface area contributed by atoms with Crippen LogP contribution in [0.3, 0.4) is 0 Å². The average Bonchev–Trinajstić information content (AvgIpc) is 2.16. The van der Waals surface area contributed by atoms with Gasteiger partial charge in [0.25, 0.3) is 0 Å². The van der Waals surface area contributed by atoms with Crippen molar-refractivity contribution >= 4 is 0 Å². The van der Waals surface area contributed by atoms with Crippen molar-refractivity contribution in [3.63, 3.8) is 0 Å². The molecule has 1 heterocycles. The molecule has 1 aliphatic carbocycles. The predicted molar refractivity (Wildman–Crippen MR) is 40.9 cm³/mol. The van der Waals surface area contributed by atoms with E-state index in [4.69, 9.17) is 4.74 Å². The number of hydrogen-bond donors (Lipinski definition) is 0. The first-order valence-electron chi connectivity index (χ1n) is 4.14. The summed E-state index contributed by atoms with van der Waals surface area (Å²) in [5, 5.41) is 0. The fraction of sp³-hybridized carbons (Fsp3) is 1.00. The molecule has 2 rings (SSSR count). The molecule has 1 saturated heterocycles. The van der Waals surface area contributed by atoms with E-state index in [1.54, 1.807) is 0 Å². The Morgan fingerprint density at radius 3 is 2.20 bits per heavy atom. The molecule has 0 aromatic carbocycles. The van der Waals surface area contributed by atoms with Crippen LogP contribution in [0.15, 0.2) is 0 Å². The molecule has 0 N–H and O–H groups in total. The van der Waals surface area contributed by atoms with E-state index in [2.05, 4.69) is 20.8 Å². The van der Waals surface area contributed by atoms with Crippen LogP contribution in [0, 0.1) is 10.8 Å². The Morgan fingerprint density at radius 1 is 1.30 bits per heavy atom. The zero-order valence-corrected chi connectivity index (χ0v) is 7.11. The van der Waals surface area contributed by atoms with E-state index >= 15 is 0 Å². The second kappa shape index (κ2) is 1.58. The summed E-state index contributed by atoms with van der Waals surface area (Å²) >= 11 is 0. The van der Waals surface area contributed by atoms with Gasteiger partial charge in [0.15, 0.2) is 0 Å². The van der Waals surface area contributed by atoms with E-state index in [-0.39, 0.29) is 0 Å². The minimum absolute atomic E-state index is 0.451. The quantitative estimate of drug-likeness (QED) is 0.501. The van der Waals surface area contributed by atoms with E-state index in [0.717, 1.165) is 6.61 Å². The van der Waals surface area contributed by atoms with Crippen LogP contribution in [0.25, 0.3) is 0 Å². The fourth-order valence-corrected chi connectivity index (χ4v) is 2.71. The molecule has 1 saturated carbocycles. The zero-order chi connectivity index (χ0) is 7.41. The van der Waals surface area contributed by atoms with Crippen LogP contribution in [-0.2, 0) is 4.74 Å². The van der Waals surface area contributed by atoms with Crippen molar-refractivity contribution < 1.29 is 4.74 Å². The van der Waals surface area contributed by atoms with Gasteiger partial charge in [-0.3, -0.25) is 0 Å². The van der Waals surface area contributed by atoms with E-state index in [1.807, 2.05) is 0 Å². The summed E-state index contributed by atoms with van der Waals surface area (Å²) in [6.45, 7) is 7.99. The van der Waals surface area contributed by atoms with Crippen LogP contribution in [0.5, 0.6) is 0 Å². The summed E-state index contributed by atoms with van der Waals surface area (Å²) in [4.78, 5) is 0. The molecule has 2 atom stereocenters. The first kappa shape index (κ1) is 6.66. The molecule has 2 fully saturated rings. The molecule has 1 aliphatic heterocycles. The molecule has 0 aromatic rings. The lowest BCUT2D eigenvalue weighted by Gasteiger charge is -2.32. The number of rotatable bonds is 0. The first-order valence-corrected chi connectivity index (χ1v) is 4.14. The van der Waals surface area contributed by atoms with E-state index < -0.39 is 0 Å². The van der Waals surface area contributed by atoms with Crippen LogP contribution in [-0.4, -0.2) is 12.7 Å². The van der Waals surface area contributed by atoms with Gasteiger partial charge >= 0.3 is 0 Å². The fourth-order valence-electron chi connectivity index (χ4n) is 2.71. The van der Waals surface area contributed by atoms with E-state index in [0.29, 0.717) is 16.9 Å². The Balaban J connectivity index is 2.25. The number of hydrogen-bond acceptors (Lipinski definition) is 1. The monoisotopic (exact) mass is 140 g/mol. The average molecular weight is 140 g/mol. The highest BCUT2D eigenvalue weighted by Crippen LogP contribution is 2.55. The second-order valence-electron chi connectivity index (χ2n) is 4.98. The Kier molecular flexibility index (Phi) is 1.05. The van der Waals surface area contributed by atoms with Crippen LogP contribution in [0.1, 0.15) is 33.6 Å². The van der Waals surface area contributed by atoms with Crippen molar-refractivity contribution in [1.29, 1.82) is 0 Å². The maximum absolute atomic E-state index is 5.67. The number of fused-ring (bicyclic) bond motifs is 2. The van der Waals surface area contributed by atoms with Gasteiger partial charge in [-0.25, -0.2) is 0 Å². The van der Waals surface area contributed by atoms with Gasteiger partial charge in [-0.1, -0.05) is 20.8 Å². The molecule has 1 heteroatoms. The van der Waals surface area contributed by atoms with Crippen LogP contribution < -0.4 is 0 Å². The van der Waals surface area contributed by atoms with E-state index in [1.165, 1.54) is 12.8 Å². The molecule has 0 amide bonds. The summed E-state index contributed by atoms with van der Waals surface area (Å²) < 4.78 is 5.67. The Morgan fingerprint density at radius 2 is 2.00 bits per heavy atom. The highest BCUT2D eigenvalue weighted by molar-refractivity contribution is 5.02. The summed E-state index contributed by atoms with van der Waals surface area (Å²) in [5.74, 6) is 0. The zero-order valence-electron chi connectivity index (χ0n) is 7.11. The molecule has 2 aliphatic rings. The van der Waals surface area contributed by atoms with Crippen LogP contribution in [0.4, 0.5) is 0 Å². The van der Waals surface area contributed by atoms with Crippen molar-refractivity contribution in [2.45, 2.75) is 39.7 Å². The summed E-state index contributed by atoms with van der Waals surface area (Å²) in [7, 11) is 0. The third-order valence-corrected chi connectivity index (χ3v) is 3.07. The summed E-state index contributed by atoms with van der Waals surface area (Å²) in [6.07, 6.45) is 3.20. The standard InChI is InChI=1S/C9H16O/c1-8(2)5-9(3)4-7(8)10-6-9/h7H,4-6H2,1-3H3. The first-order chi connectivity index (χ1) is 4.52. The van der Waals surface area contributed by atoms with Gasteiger partial charge in [-0.05, 0) is 23.7 Å². The SMILES string of the molecule is CC12COC(C1)C(C)(C)C2. The Hall–Kier alpha value is -0.0400. The lowest BCUT2D eigenvalue weighted by molar-refractivity contribution is -0.0261. The third kappa shape index (κ3) is 0.731. The molecular weight excluding hydrogens is 124 g/mol. The smallest absolute Gasteiger partial charge is 0.0632 e. The number of ether oxygens (including phenoxy) is 1. The molecule has 10 heavy (non-hydrogen) atoms. The topological polar surface area (TPSA) is 9.23 Å². The molecular formula is C9H16O. The predicted octanol–water partition coefficient (Wildman–Crippen LogP) is 2.21. The van der Waals surface area contributed by atoms with Crippen LogP contribution >= 0.6 is 0 Å². The Labute approximate surface area is 62.8 Å². The third-order valence-electron chi connectivity index (χ3n) is 3.07. The second-order valence-corrected chi connectivity index (χ2v) is 4.98. The van der Waals surface area contributed by atoms with Crippen molar-refractivity contribution in [2.75, 3.05) is 6.61 Å². The molecule has 2 bridgehead atoms. The molecule has 0 radical (unpaired) electrons. The highest BCUT2D eigenvalue weighted by Gasteiger charge is 2.52. The normalized spacial score (nSPS) is 50.1. The lowest BCUT2D eigenvalue weighted by atomic mass is 9.82. The maximum atomic E-state index is 5.67. The molecule has 1 nitrogen and oxygen atoms in total. The van der Waals surface area contributed by atoms with E-state index in [9.17, 15) is 0 Å². The van der Waals surface area contributed by atoms with Gasteiger partial charge in [0.2, 0.25) is 0 Å². The molecule has 0 spiro atoms. The highest BCUT2D eigenvalue weighted by atomic mass is 16.5. The molecule has 2 unspecified atom stereocenters. The molecule has 58 valence electrons. The van der Waals surface area contributed by atoms with Crippen molar-refractivity contribution in [1.82, 2.24) is 0 Å². The maximum Gasteiger partial charge on any atom is 0.0632 e. The van der Waals surface area contributed by atoms with Crippen molar-refractivity contribution in [3.05, 3.63) is 0 Å². The summed E-state index contributed by atoms with van der Waals surface area (Å²) in [6, 6.07) is 0. The van der Waals surface area contributed by atoms with Gasteiger partial charge in [0.1, 0.15) is 0 Å². The minimum Gasteiger partial charge on any atom is -0.377 e. The lowest BCUT2D eigenvalue weighted by Crippen LogP contribution is -2.30. The molecule has 0 aromatic heterocycles. The van der Waals surface area contributed by atoms with Crippen LogP contribution in [0.2, 0.25) is 0 Å². The van der Waals surface area contributed by atoms with Crippen molar-refractivity contribution in [2.24, 2.45) is 10.8 Å². The summed E-state index contributed by atoms with van der Waals surface area (Å²) in [5.41, 5.74) is 0.973. The minimum atomic E-state index is 0.451. The van der Waals surface area contributed by atoms with Gasteiger partial charge < -0.3 is 4.74 Å². The van der Waals surface area contributed by atoms with Gasteiger partial charge in [0.05, 0.1) is 12.7 Å².